The van der Waals surface area contributed by atoms with Crippen LogP contribution in [-0.4, -0.2) is 42.4 Å². The normalized spacial score (nSPS) is 15.0. The molecule has 4 aromatic heterocycles. The monoisotopic (exact) mass is 687 g/mol. The second-order valence-electron chi connectivity index (χ2n) is 12.7. The standard InChI is InChI=1S/C42H25N7O2Si/c1-2-14-27(15-3-1)52(36-24-11-4-17-29(36)40-43-30-18-5-8-21-33(30)49(40)52)28-16-12-13-26(25-28)37-46-38(41-44-31-19-6-9-22-34(31)50-41)48-39(47-37)42-45-32-20-7-10-23-35(32)51-42/h1-25H. The summed E-state index contributed by atoms with van der Waals surface area (Å²) in [5, 5.41) is 3.69. The number of aromatic nitrogens is 7. The highest BCUT2D eigenvalue weighted by molar-refractivity contribution is 7.12. The molecule has 1 aliphatic heterocycles. The molecule has 244 valence electrons. The molecule has 0 saturated carbocycles. The van der Waals surface area contributed by atoms with Crippen LogP contribution in [0.15, 0.2) is 160 Å². The number of imidazole rings is 1. The van der Waals surface area contributed by atoms with E-state index in [1.54, 1.807) is 0 Å². The van der Waals surface area contributed by atoms with Gasteiger partial charge in [-0.05, 0) is 58.0 Å². The second kappa shape index (κ2) is 11.0. The maximum Gasteiger partial charge on any atom is 0.266 e. The first-order chi connectivity index (χ1) is 25.7. The summed E-state index contributed by atoms with van der Waals surface area (Å²) in [7, 11) is -2.98. The van der Waals surface area contributed by atoms with Gasteiger partial charge in [-0.25, -0.2) is 24.9 Å². The number of hydrogen-bond donors (Lipinski definition) is 0. The highest BCUT2D eigenvalue weighted by atomic mass is 28.3. The Balaban J connectivity index is 1.17. The zero-order valence-electron chi connectivity index (χ0n) is 27.4. The highest BCUT2D eigenvalue weighted by Crippen LogP contribution is 2.35. The maximum absolute atomic E-state index is 6.17. The fraction of sp³-hybridized carbons (Fsp3) is 0. The van der Waals surface area contributed by atoms with Crippen LogP contribution < -0.4 is 15.6 Å². The smallest absolute Gasteiger partial charge is 0.266 e. The molecule has 10 heteroatoms. The molecule has 0 spiro atoms. The number of fused-ring (bicyclic) bond motifs is 7. The van der Waals surface area contributed by atoms with E-state index in [1.165, 1.54) is 10.4 Å². The van der Waals surface area contributed by atoms with Crippen molar-refractivity contribution in [3.05, 3.63) is 152 Å². The third kappa shape index (κ3) is 4.15. The Morgan fingerprint density at radius 2 is 1.02 bits per heavy atom. The van der Waals surface area contributed by atoms with Gasteiger partial charge in [0.25, 0.3) is 20.0 Å². The van der Waals surface area contributed by atoms with Gasteiger partial charge in [0.05, 0.1) is 11.0 Å². The molecule has 0 radical (unpaired) electrons. The number of oxazole rings is 2. The Kier molecular flexibility index (Phi) is 6.07. The molecule has 9 nitrogen and oxygen atoms in total. The Morgan fingerprint density at radius 3 is 1.73 bits per heavy atom. The van der Waals surface area contributed by atoms with Gasteiger partial charge in [-0.15, -0.1) is 0 Å². The topological polar surface area (TPSA) is 109 Å². The van der Waals surface area contributed by atoms with Crippen molar-refractivity contribution in [2.45, 2.75) is 0 Å². The van der Waals surface area contributed by atoms with Gasteiger partial charge in [0, 0.05) is 11.1 Å². The number of benzene rings is 6. The molecule has 0 saturated heterocycles. The summed E-state index contributed by atoms with van der Waals surface area (Å²) in [4.78, 5) is 29.4. The van der Waals surface area contributed by atoms with Crippen molar-refractivity contribution >= 4 is 57.0 Å². The fourth-order valence-electron chi connectivity index (χ4n) is 7.59. The number of para-hydroxylation sites is 6. The molecule has 52 heavy (non-hydrogen) atoms. The third-order valence-corrected chi connectivity index (χ3v) is 14.4. The van der Waals surface area contributed by atoms with E-state index in [9.17, 15) is 0 Å². The molecule has 0 N–H and O–H groups in total. The van der Waals surface area contributed by atoms with Gasteiger partial charge >= 0.3 is 0 Å². The van der Waals surface area contributed by atoms with E-state index in [-0.39, 0.29) is 23.4 Å². The number of hydrogen-bond acceptors (Lipinski definition) is 8. The lowest BCUT2D eigenvalue weighted by Crippen LogP contribution is -2.70. The molecule has 1 atom stereocenters. The average Bonchev–Trinajstić information content (AvgIpc) is 3.99. The molecule has 0 bridgehead atoms. The average molecular weight is 688 g/mol. The largest absolute Gasteiger partial charge is 0.434 e. The van der Waals surface area contributed by atoms with Gasteiger partial charge in [0.15, 0.2) is 17.0 Å². The minimum atomic E-state index is -2.98. The minimum absolute atomic E-state index is 0.285. The van der Waals surface area contributed by atoms with Crippen LogP contribution >= 0.6 is 0 Å². The molecule has 0 amide bonds. The lowest BCUT2D eigenvalue weighted by atomic mass is 10.2. The van der Waals surface area contributed by atoms with Crippen LogP contribution in [0.25, 0.3) is 79.4 Å². The number of rotatable bonds is 5. The molecule has 0 fully saturated rings. The van der Waals surface area contributed by atoms with Crippen molar-refractivity contribution in [2.24, 2.45) is 0 Å². The fourth-order valence-corrected chi connectivity index (χ4v) is 12.6. The zero-order valence-corrected chi connectivity index (χ0v) is 28.4. The summed E-state index contributed by atoms with van der Waals surface area (Å²) < 4.78 is 14.8. The van der Waals surface area contributed by atoms with E-state index in [0.717, 1.165) is 33.2 Å². The van der Waals surface area contributed by atoms with Gasteiger partial charge in [-0.3, -0.25) is 0 Å². The Labute approximate surface area is 297 Å². The van der Waals surface area contributed by atoms with Crippen LogP contribution in [-0.2, 0) is 0 Å². The second-order valence-corrected chi connectivity index (χ2v) is 16.3. The van der Waals surface area contributed by atoms with E-state index >= 15 is 0 Å². The van der Waals surface area contributed by atoms with Crippen LogP contribution in [0.2, 0.25) is 0 Å². The quantitative estimate of drug-likeness (QED) is 0.178. The summed E-state index contributed by atoms with van der Waals surface area (Å²) in [5.74, 6) is 2.57. The molecule has 6 aromatic carbocycles. The predicted octanol–water partition coefficient (Wildman–Crippen LogP) is 7.00. The summed E-state index contributed by atoms with van der Waals surface area (Å²) in [6, 6.07) is 51.7. The van der Waals surface area contributed by atoms with Crippen molar-refractivity contribution in [3.63, 3.8) is 0 Å². The number of nitrogens with zero attached hydrogens (tertiary/aromatic N) is 7. The van der Waals surface area contributed by atoms with E-state index in [2.05, 4.69) is 95.2 Å². The van der Waals surface area contributed by atoms with Gasteiger partial charge in [0.2, 0.25) is 11.6 Å². The third-order valence-electron chi connectivity index (χ3n) is 9.79. The molecule has 0 aliphatic carbocycles. The summed E-state index contributed by atoms with van der Waals surface area (Å²) >= 11 is 0. The maximum atomic E-state index is 6.17. The predicted molar refractivity (Wildman–Crippen MR) is 203 cm³/mol. The SMILES string of the molecule is c1ccc([Si]2(c3cccc(-c4nc(-c5nc6ccccc6o5)nc(-c5nc6ccccc6o5)n4)c3)c3ccccc3-c3nc4ccccc4n32)cc1. The first-order valence-electron chi connectivity index (χ1n) is 17.0. The van der Waals surface area contributed by atoms with Crippen molar-refractivity contribution < 1.29 is 8.83 Å². The molecular weight excluding hydrogens is 663 g/mol. The van der Waals surface area contributed by atoms with E-state index in [1.807, 2.05) is 60.7 Å². The van der Waals surface area contributed by atoms with Crippen molar-refractivity contribution in [1.82, 2.24) is 34.1 Å². The molecule has 11 rings (SSSR count). The van der Waals surface area contributed by atoms with Crippen LogP contribution in [0.3, 0.4) is 0 Å². The van der Waals surface area contributed by atoms with Crippen LogP contribution in [0.5, 0.6) is 0 Å². The van der Waals surface area contributed by atoms with Crippen LogP contribution in [0.4, 0.5) is 0 Å². The Bertz CT molecular complexity index is 2850. The Morgan fingerprint density at radius 1 is 0.442 bits per heavy atom. The first kappa shape index (κ1) is 28.8. The van der Waals surface area contributed by atoms with Gasteiger partial charge in [0.1, 0.15) is 16.9 Å². The van der Waals surface area contributed by atoms with Crippen molar-refractivity contribution in [2.75, 3.05) is 0 Å². The molecule has 1 unspecified atom stereocenters. The van der Waals surface area contributed by atoms with Crippen molar-refractivity contribution in [3.8, 4) is 46.2 Å². The summed E-state index contributed by atoms with van der Waals surface area (Å²) in [5.41, 5.74) is 6.75. The lowest BCUT2D eigenvalue weighted by Gasteiger charge is -2.32. The minimum Gasteiger partial charge on any atom is -0.434 e. The summed E-state index contributed by atoms with van der Waals surface area (Å²) in [6.45, 7) is 0. The van der Waals surface area contributed by atoms with Gasteiger partial charge < -0.3 is 13.1 Å². The lowest BCUT2D eigenvalue weighted by molar-refractivity contribution is 0.605. The summed E-state index contributed by atoms with van der Waals surface area (Å²) in [6.07, 6.45) is 0. The highest BCUT2D eigenvalue weighted by Gasteiger charge is 2.51. The van der Waals surface area contributed by atoms with Gasteiger partial charge in [-0.2, -0.15) is 4.98 Å². The zero-order chi connectivity index (χ0) is 34.2. The van der Waals surface area contributed by atoms with Crippen LogP contribution in [0, 0.1) is 0 Å². The first-order valence-corrected chi connectivity index (χ1v) is 18.9. The molecular formula is C42H25N7O2Si. The van der Waals surface area contributed by atoms with E-state index in [0.29, 0.717) is 28.0 Å². The van der Waals surface area contributed by atoms with E-state index in [4.69, 9.17) is 38.7 Å². The van der Waals surface area contributed by atoms with E-state index < -0.39 is 8.24 Å². The van der Waals surface area contributed by atoms with Gasteiger partial charge in [-0.1, -0.05) is 109 Å². The van der Waals surface area contributed by atoms with Crippen molar-refractivity contribution in [1.29, 1.82) is 0 Å². The molecule has 5 heterocycles. The Hall–Kier alpha value is -7.04. The van der Waals surface area contributed by atoms with Crippen LogP contribution in [0.1, 0.15) is 0 Å². The molecule has 1 aliphatic rings. The molecule has 10 aromatic rings.